The van der Waals surface area contributed by atoms with Gasteiger partial charge in [-0.3, -0.25) is 9.80 Å². The van der Waals surface area contributed by atoms with E-state index in [1.54, 1.807) is 0 Å². The number of aromatic nitrogens is 3. The van der Waals surface area contributed by atoms with Gasteiger partial charge in [0.25, 0.3) is 0 Å². The van der Waals surface area contributed by atoms with Gasteiger partial charge in [-0.1, -0.05) is 20.8 Å². The summed E-state index contributed by atoms with van der Waals surface area (Å²) < 4.78 is 8.17. The summed E-state index contributed by atoms with van der Waals surface area (Å²) in [5.41, 5.74) is 0.0123. The molecule has 3 rings (SSSR count). The maximum absolute atomic E-state index is 5.95. The molecule has 1 aliphatic rings. The number of hydrogen-bond donors (Lipinski definition) is 0. The van der Waals surface area contributed by atoms with Gasteiger partial charge in [0.15, 0.2) is 0 Å². The highest BCUT2D eigenvalue weighted by molar-refractivity contribution is 5.06. The van der Waals surface area contributed by atoms with Crippen LogP contribution in [-0.2, 0) is 25.0 Å². The maximum Gasteiger partial charge on any atom is 0.208 e. The number of nitrogens with zero attached hydrogens (tertiary/aromatic N) is 5. The van der Waals surface area contributed by atoms with Crippen molar-refractivity contribution in [3.8, 4) is 0 Å². The topological polar surface area (TPSA) is 50.3 Å². The van der Waals surface area contributed by atoms with Crippen LogP contribution in [0.15, 0.2) is 23.0 Å². The van der Waals surface area contributed by atoms with Gasteiger partial charge in [-0.25, -0.2) is 9.97 Å². The van der Waals surface area contributed by atoms with Crippen LogP contribution in [0.25, 0.3) is 0 Å². The normalized spacial score (nSPS) is 20.3. The zero-order valence-electron chi connectivity index (χ0n) is 16.2. The molecule has 1 atom stereocenters. The number of aryl methyl sites for hydroxylation is 1. The average molecular weight is 345 g/mol. The summed E-state index contributed by atoms with van der Waals surface area (Å²) in [4.78, 5) is 13.9. The van der Waals surface area contributed by atoms with E-state index < -0.39 is 0 Å². The van der Waals surface area contributed by atoms with Crippen molar-refractivity contribution < 1.29 is 4.42 Å². The quantitative estimate of drug-likeness (QED) is 0.834. The lowest BCUT2D eigenvalue weighted by atomic mass is 9.94. The summed E-state index contributed by atoms with van der Waals surface area (Å²) in [7, 11) is 0. The Balaban J connectivity index is 1.55. The van der Waals surface area contributed by atoms with Crippen LogP contribution in [0.5, 0.6) is 0 Å². The Bertz CT molecular complexity index is 684. The highest BCUT2D eigenvalue weighted by atomic mass is 16.4. The first kappa shape index (κ1) is 18.1. The maximum atomic E-state index is 5.95. The zero-order valence-corrected chi connectivity index (χ0v) is 16.2. The molecule has 0 spiro atoms. The molecule has 6 nitrogen and oxygen atoms in total. The van der Waals surface area contributed by atoms with Crippen LogP contribution < -0.4 is 0 Å². The van der Waals surface area contributed by atoms with Crippen molar-refractivity contribution in [2.75, 3.05) is 19.6 Å². The Morgan fingerprint density at radius 1 is 1.20 bits per heavy atom. The summed E-state index contributed by atoms with van der Waals surface area (Å²) in [5.74, 6) is 2.94. The molecule has 3 heterocycles. The van der Waals surface area contributed by atoms with E-state index in [-0.39, 0.29) is 5.41 Å². The van der Waals surface area contributed by atoms with E-state index in [4.69, 9.17) is 4.42 Å². The van der Waals surface area contributed by atoms with Gasteiger partial charge in [0.1, 0.15) is 11.6 Å². The van der Waals surface area contributed by atoms with E-state index in [0.29, 0.717) is 6.04 Å². The van der Waals surface area contributed by atoms with Crippen LogP contribution in [0, 0.1) is 0 Å². The van der Waals surface area contributed by atoms with Gasteiger partial charge >= 0.3 is 0 Å². The van der Waals surface area contributed by atoms with Gasteiger partial charge in [-0.2, -0.15) is 0 Å². The standard InChI is InChI=1S/C19H31N5O/c1-6-23-8-7-20-17(23)13-24-10-9-22(12-15(24)2)14-18-21-11-16(25-18)19(3,4)5/h7-8,11,15H,6,9-10,12-14H2,1-5H3/t15-/m0/s1. The monoisotopic (exact) mass is 345 g/mol. The van der Waals surface area contributed by atoms with Gasteiger partial charge in [0, 0.05) is 50.0 Å². The molecule has 0 saturated carbocycles. The Morgan fingerprint density at radius 3 is 2.64 bits per heavy atom. The predicted molar refractivity (Wildman–Crippen MR) is 98.3 cm³/mol. The third kappa shape index (κ3) is 4.30. The Labute approximate surface area is 150 Å². The lowest BCUT2D eigenvalue weighted by Gasteiger charge is -2.39. The van der Waals surface area contributed by atoms with E-state index in [1.165, 1.54) is 0 Å². The van der Waals surface area contributed by atoms with Crippen LogP contribution in [0.3, 0.4) is 0 Å². The molecule has 0 N–H and O–H groups in total. The van der Waals surface area contributed by atoms with Crippen LogP contribution >= 0.6 is 0 Å². The SMILES string of the molecule is CCn1ccnc1CN1CCN(Cc2ncc(C(C)(C)C)o2)C[C@@H]1C. The zero-order chi connectivity index (χ0) is 18.0. The van der Waals surface area contributed by atoms with Crippen molar-refractivity contribution >= 4 is 0 Å². The molecule has 2 aromatic heterocycles. The van der Waals surface area contributed by atoms with Crippen molar-refractivity contribution in [1.82, 2.24) is 24.3 Å². The second-order valence-corrected chi connectivity index (χ2v) is 8.05. The molecule has 25 heavy (non-hydrogen) atoms. The Hall–Kier alpha value is -1.66. The minimum atomic E-state index is 0.0123. The summed E-state index contributed by atoms with van der Waals surface area (Å²) >= 11 is 0. The molecule has 1 aliphatic heterocycles. The first-order valence-electron chi connectivity index (χ1n) is 9.28. The fourth-order valence-electron chi connectivity index (χ4n) is 3.33. The van der Waals surface area contributed by atoms with Crippen molar-refractivity contribution in [3.05, 3.63) is 36.1 Å². The number of piperazine rings is 1. The van der Waals surface area contributed by atoms with Crippen LogP contribution in [0.2, 0.25) is 0 Å². The van der Waals surface area contributed by atoms with E-state index in [1.807, 2.05) is 12.4 Å². The molecule has 0 radical (unpaired) electrons. The van der Waals surface area contributed by atoms with Gasteiger partial charge in [-0.15, -0.1) is 0 Å². The highest BCUT2D eigenvalue weighted by Crippen LogP contribution is 2.23. The molecule has 2 aromatic rings. The molecule has 0 amide bonds. The molecule has 138 valence electrons. The van der Waals surface area contributed by atoms with Gasteiger partial charge in [0.2, 0.25) is 5.89 Å². The van der Waals surface area contributed by atoms with Crippen molar-refractivity contribution in [3.63, 3.8) is 0 Å². The predicted octanol–water partition coefficient (Wildman–Crippen LogP) is 2.89. The van der Waals surface area contributed by atoms with Crippen molar-refractivity contribution in [1.29, 1.82) is 0 Å². The number of rotatable bonds is 5. The molecular weight excluding hydrogens is 314 g/mol. The van der Waals surface area contributed by atoms with Gasteiger partial charge < -0.3 is 8.98 Å². The average Bonchev–Trinajstić information content (AvgIpc) is 3.18. The molecule has 0 unspecified atom stereocenters. The second-order valence-electron chi connectivity index (χ2n) is 8.05. The second kappa shape index (κ2) is 7.30. The third-order valence-corrected chi connectivity index (χ3v) is 4.99. The third-order valence-electron chi connectivity index (χ3n) is 4.99. The Morgan fingerprint density at radius 2 is 2.00 bits per heavy atom. The number of oxazole rings is 1. The largest absolute Gasteiger partial charge is 0.444 e. The van der Waals surface area contributed by atoms with Crippen LogP contribution in [0.1, 0.15) is 52.1 Å². The van der Waals surface area contributed by atoms with Gasteiger partial charge in [0.05, 0.1) is 19.3 Å². The fraction of sp³-hybridized carbons (Fsp3) is 0.684. The molecule has 0 aromatic carbocycles. The lowest BCUT2D eigenvalue weighted by molar-refractivity contribution is 0.0651. The first-order valence-corrected chi connectivity index (χ1v) is 9.28. The Kier molecular flexibility index (Phi) is 5.29. The highest BCUT2D eigenvalue weighted by Gasteiger charge is 2.26. The summed E-state index contributed by atoms with van der Waals surface area (Å²) in [5, 5.41) is 0. The summed E-state index contributed by atoms with van der Waals surface area (Å²) in [6.07, 6.45) is 5.83. The first-order chi connectivity index (χ1) is 11.9. The molecule has 0 bridgehead atoms. The number of imidazole rings is 1. The molecule has 0 aliphatic carbocycles. The van der Waals surface area contributed by atoms with E-state index in [9.17, 15) is 0 Å². The molecule has 1 fully saturated rings. The minimum absolute atomic E-state index is 0.0123. The van der Waals surface area contributed by atoms with E-state index >= 15 is 0 Å². The van der Waals surface area contributed by atoms with Crippen LogP contribution in [-0.4, -0.2) is 50.0 Å². The van der Waals surface area contributed by atoms with E-state index in [0.717, 1.165) is 56.7 Å². The molecule has 6 heteroatoms. The van der Waals surface area contributed by atoms with E-state index in [2.05, 4.69) is 65.2 Å². The smallest absolute Gasteiger partial charge is 0.208 e. The lowest BCUT2D eigenvalue weighted by Crippen LogP contribution is -2.51. The summed E-state index contributed by atoms with van der Waals surface area (Å²) in [6.45, 7) is 16.7. The summed E-state index contributed by atoms with van der Waals surface area (Å²) in [6, 6.07) is 0.493. The van der Waals surface area contributed by atoms with Crippen LogP contribution in [0.4, 0.5) is 0 Å². The van der Waals surface area contributed by atoms with Crippen molar-refractivity contribution in [2.24, 2.45) is 0 Å². The van der Waals surface area contributed by atoms with Crippen molar-refractivity contribution in [2.45, 2.75) is 65.7 Å². The number of hydrogen-bond acceptors (Lipinski definition) is 5. The van der Waals surface area contributed by atoms with Gasteiger partial charge in [-0.05, 0) is 13.8 Å². The minimum Gasteiger partial charge on any atom is -0.444 e. The molecular formula is C19H31N5O. The molecule has 1 saturated heterocycles. The fourth-order valence-corrected chi connectivity index (χ4v) is 3.33.